The lowest BCUT2D eigenvalue weighted by Crippen LogP contribution is -2.38. The molecule has 2 aromatic carbocycles. The van der Waals surface area contributed by atoms with Crippen LogP contribution in [0.5, 0.6) is 11.6 Å². The maximum atomic E-state index is 12.2. The molecule has 1 saturated heterocycles. The Morgan fingerprint density at radius 1 is 1.00 bits per heavy atom. The van der Waals surface area contributed by atoms with E-state index in [4.69, 9.17) is 20.2 Å². The molecule has 1 aliphatic heterocycles. The Bertz CT molecular complexity index is 1810. The van der Waals surface area contributed by atoms with Crippen molar-refractivity contribution in [2.45, 2.75) is 20.4 Å². The summed E-state index contributed by atoms with van der Waals surface area (Å²) < 4.78 is 13.8. The van der Waals surface area contributed by atoms with E-state index in [0.29, 0.717) is 35.3 Å². The highest BCUT2D eigenvalue weighted by Gasteiger charge is 2.24. The predicted octanol–water partition coefficient (Wildman–Crippen LogP) is 5.69. The second kappa shape index (κ2) is 12.7. The van der Waals surface area contributed by atoms with Gasteiger partial charge in [0.1, 0.15) is 23.5 Å². The van der Waals surface area contributed by atoms with Crippen LogP contribution in [-0.2, 0) is 16.1 Å². The molecule has 0 saturated carbocycles. The number of aromatic nitrogens is 4. The van der Waals surface area contributed by atoms with Crippen molar-refractivity contribution in [1.82, 2.24) is 24.4 Å². The number of hydrogen-bond donors (Lipinski definition) is 2. The number of pyridine rings is 1. The molecule has 10 heteroatoms. The molecule has 1 aliphatic rings. The van der Waals surface area contributed by atoms with E-state index < -0.39 is 0 Å². The minimum atomic E-state index is -0.218. The van der Waals surface area contributed by atoms with Crippen molar-refractivity contribution in [3.05, 3.63) is 90.9 Å². The third-order valence-corrected chi connectivity index (χ3v) is 7.64. The topological polar surface area (TPSA) is 120 Å². The second-order valence-corrected chi connectivity index (χ2v) is 10.8. The number of benzene rings is 2. The first kappa shape index (κ1) is 29.0. The first-order chi connectivity index (χ1) is 21.4. The molecule has 0 bridgehead atoms. The quantitative estimate of drug-likeness (QED) is 0.211. The maximum Gasteiger partial charge on any atom is 0.250 e. The number of anilines is 2. The second-order valence-electron chi connectivity index (χ2n) is 10.8. The smallest absolute Gasteiger partial charge is 0.250 e. The van der Waals surface area contributed by atoms with Crippen LogP contribution in [0.25, 0.3) is 33.4 Å². The lowest BCUT2D eigenvalue weighted by Gasteiger charge is -2.27. The molecular weight excluding hydrogens is 554 g/mol. The monoisotopic (exact) mass is 589 g/mol. The Labute approximate surface area is 256 Å². The molecular formula is C34H35N7O3. The minimum absolute atomic E-state index is 0.218. The molecule has 0 atom stereocenters. The van der Waals surface area contributed by atoms with Gasteiger partial charge in [0.05, 0.1) is 24.3 Å². The van der Waals surface area contributed by atoms with Crippen LogP contribution in [0.15, 0.2) is 85.2 Å². The zero-order chi connectivity index (χ0) is 30.6. The third-order valence-electron chi connectivity index (χ3n) is 7.64. The zero-order valence-corrected chi connectivity index (χ0v) is 24.9. The van der Waals surface area contributed by atoms with Crippen LogP contribution < -0.4 is 15.8 Å². The van der Waals surface area contributed by atoms with Crippen molar-refractivity contribution >= 4 is 28.4 Å². The molecule has 3 aromatic heterocycles. The van der Waals surface area contributed by atoms with Gasteiger partial charge in [-0.1, -0.05) is 36.9 Å². The average Bonchev–Trinajstić information content (AvgIpc) is 3.36. The van der Waals surface area contributed by atoms with E-state index in [2.05, 4.69) is 31.3 Å². The number of carbonyl (C=O) groups excluding carboxylic acids is 1. The number of nitrogen functional groups attached to an aromatic ring is 1. The molecule has 0 radical (unpaired) electrons. The Kier molecular flexibility index (Phi) is 8.36. The molecule has 0 unspecified atom stereocenters. The number of carbonyl (C=O) groups is 1. The van der Waals surface area contributed by atoms with E-state index in [1.165, 1.54) is 6.33 Å². The molecule has 3 N–H and O–H groups in total. The fourth-order valence-electron chi connectivity index (χ4n) is 5.39. The maximum absolute atomic E-state index is 12.2. The number of fused-ring (bicyclic) bond motifs is 1. The summed E-state index contributed by atoms with van der Waals surface area (Å²) in [6, 6.07) is 21.4. The van der Waals surface area contributed by atoms with Gasteiger partial charge in [-0.3, -0.25) is 9.69 Å². The molecule has 5 aromatic rings. The first-order valence-corrected chi connectivity index (χ1v) is 14.6. The van der Waals surface area contributed by atoms with Crippen molar-refractivity contribution < 1.29 is 14.3 Å². The van der Waals surface area contributed by atoms with Crippen molar-refractivity contribution in [2.75, 3.05) is 43.9 Å². The Morgan fingerprint density at radius 3 is 2.43 bits per heavy atom. The van der Waals surface area contributed by atoms with Crippen LogP contribution in [0.2, 0.25) is 0 Å². The van der Waals surface area contributed by atoms with Crippen LogP contribution in [0.4, 0.5) is 11.5 Å². The highest BCUT2D eigenvalue weighted by Crippen LogP contribution is 2.43. The average molecular weight is 590 g/mol. The summed E-state index contributed by atoms with van der Waals surface area (Å²) in [7, 11) is 0. The van der Waals surface area contributed by atoms with Gasteiger partial charge in [0.25, 0.3) is 5.91 Å². The van der Waals surface area contributed by atoms with Gasteiger partial charge in [-0.15, -0.1) is 0 Å². The van der Waals surface area contributed by atoms with Crippen LogP contribution in [-0.4, -0.2) is 63.2 Å². The molecule has 224 valence electrons. The van der Waals surface area contributed by atoms with E-state index in [1.54, 1.807) is 6.92 Å². The van der Waals surface area contributed by atoms with E-state index in [-0.39, 0.29) is 5.91 Å². The summed E-state index contributed by atoms with van der Waals surface area (Å²) in [5.41, 5.74) is 13.1. The Hall–Kier alpha value is -5.06. The molecule has 44 heavy (non-hydrogen) atoms. The van der Waals surface area contributed by atoms with Gasteiger partial charge >= 0.3 is 0 Å². The predicted molar refractivity (Wildman–Crippen MR) is 173 cm³/mol. The first-order valence-electron chi connectivity index (χ1n) is 14.6. The Morgan fingerprint density at radius 2 is 1.73 bits per heavy atom. The van der Waals surface area contributed by atoms with Crippen LogP contribution >= 0.6 is 0 Å². The molecule has 1 fully saturated rings. The van der Waals surface area contributed by atoms with Crippen LogP contribution in [0.3, 0.4) is 0 Å². The van der Waals surface area contributed by atoms with E-state index in [0.717, 1.165) is 72.0 Å². The van der Waals surface area contributed by atoms with Gasteiger partial charge in [0.15, 0.2) is 0 Å². The highest BCUT2D eigenvalue weighted by molar-refractivity contribution is 6.08. The summed E-state index contributed by atoms with van der Waals surface area (Å²) in [6.07, 6.45) is 1.51. The summed E-state index contributed by atoms with van der Waals surface area (Å²) in [5.74, 6) is 1.40. The summed E-state index contributed by atoms with van der Waals surface area (Å²) in [4.78, 5) is 28.2. The molecule has 10 nitrogen and oxygen atoms in total. The minimum Gasteiger partial charge on any atom is -0.439 e. The fourth-order valence-corrected chi connectivity index (χ4v) is 5.39. The van der Waals surface area contributed by atoms with Gasteiger partial charge in [-0.2, -0.15) is 0 Å². The van der Waals surface area contributed by atoms with Crippen molar-refractivity contribution in [1.29, 1.82) is 0 Å². The number of morpholine rings is 1. The van der Waals surface area contributed by atoms with Crippen molar-refractivity contribution in [2.24, 2.45) is 0 Å². The van der Waals surface area contributed by atoms with E-state index in [9.17, 15) is 4.79 Å². The number of aryl methyl sites for hydroxylation is 1. The summed E-state index contributed by atoms with van der Waals surface area (Å²) >= 11 is 0. The summed E-state index contributed by atoms with van der Waals surface area (Å²) in [6.45, 7) is 12.1. The number of ether oxygens (including phenoxy) is 2. The van der Waals surface area contributed by atoms with Crippen molar-refractivity contribution in [3.8, 4) is 34.0 Å². The standard InChI is InChI=1S/C34H35N7O3/c1-22(2)34(42)39-26-11-7-25(8-12-26)31-29(24-9-13-27(14-10-24)44-28-6-4-5-23(3)38-28)30-32(35)36-21-37-33(30)41(31)16-15-40-17-19-43-20-18-40/h4-14,21H,1,15-20H2,2-3H3,(H,39,42)(H2,35,36,37). The number of nitrogens with zero attached hydrogens (tertiary/aromatic N) is 5. The highest BCUT2D eigenvalue weighted by atomic mass is 16.5. The number of hydrogen-bond acceptors (Lipinski definition) is 8. The number of nitrogens with one attached hydrogen (secondary N) is 1. The Balaban J connectivity index is 1.44. The molecule has 1 amide bonds. The van der Waals surface area contributed by atoms with E-state index >= 15 is 0 Å². The number of nitrogens with two attached hydrogens (primary N) is 1. The summed E-state index contributed by atoms with van der Waals surface area (Å²) in [5, 5.41) is 3.68. The van der Waals surface area contributed by atoms with Gasteiger partial charge in [-0.05, 0) is 55.3 Å². The molecule has 0 spiro atoms. The largest absolute Gasteiger partial charge is 0.439 e. The van der Waals surface area contributed by atoms with Gasteiger partial charge in [0.2, 0.25) is 5.88 Å². The van der Waals surface area contributed by atoms with Crippen LogP contribution in [0, 0.1) is 6.92 Å². The normalized spacial score (nSPS) is 13.6. The fraction of sp³-hybridized carbons (Fsp3) is 0.235. The number of amides is 1. The third kappa shape index (κ3) is 6.17. The molecule has 0 aliphatic carbocycles. The van der Waals surface area contributed by atoms with Gasteiger partial charge in [0, 0.05) is 54.8 Å². The van der Waals surface area contributed by atoms with Crippen molar-refractivity contribution in [3.63, 3.8) is 0 Å². The van der Waals surface area contributed by atoms with E-state index in [1.807, 2.05) is 73.7 Å². The SMILES string of the molecule is C=C(C)C(=O)Nc1ccc(-c2c(-c3ccc(Oc4cccc(C)n4)cc3)c3c(N)ncnc3n2CCN2CCOCC2)cc1. The molecule has 6 rings (SSSR count). The molecule has 4 heterocycles. The lowest BCUT2D eigenvalue weighted by molar-refractivity contribution is -0.112. The van der Waals surface area contributed by atoms with Gasteiger partial charge in [-0.25, -0.2) is 15.0 Å². The zero-order valence-electron chi connectivity index (χ0n) is 24.9. The number of rotatable bonds is 9. The van der Waals surface area contributed by atoms with Crippen LogP contribution in [0.1, 0.15) is 12.6 Å². The lowest BCUT2D eigenvalue weighted by atomic mass is 9.98. The van der Waals surface area contributed by atoms with Gasteiger partial charge < -0.3 is 25.1 Å².